The Kier molecular flexibility index (Phi) is 4.21. The summed E-state index contributed by atoms with van der Waals surface area (Å²) in [6.45, 7) is 0. The third-order valence-electron chi connectivity index (χ3n) is 3.65. The summed E-state index contributed by atoms with van der Waals surface area (Å²) in [6.07, 6.45) is 0.109. The number of hydrogen-bond donors (Lipinski definition) is 1. The van der Waals surface area contributed by atoms with Gasteiger partial charge in [-0.15, -0.1) is 0 Å². The van der Waals surface area contributed by atoms with Crippen LogP contribution in [-0.2, 0) is 9.59 Å². The van der Waals surface area contributed by atoms with Crippen molar-refractivity contribution < 1.29 is 14.3 Å². The lowest BCUT2D eigenvalue weighted by Gasteiger charge is -2.17. The van der Waals surface area contributed by atoms with Gasteiger partial charge in [-0.25, -0.2) is 4.90 Å². The van der Waals surface area contributed by atoms with Gasteiger partial charge in [0.05, 0.1) is 24.2 Å². The summed E-state index contributed by atoms with van der Waals surface area (Å²) >= 11 is 6.08. The van der Waals surface area contributed by atoms with Gasteiger partial charge >= 0.3 is 0 Å². The Bertz CT molecular complexity index is 749. The van der Waals surface area contributed by atoms with E-state index in [-0.39, 0.29) is 18.2 Å². The predicted octanol–water partition coefficient (Wildman–Crippen LogP) is 3.09. The van der Waals surface area contributed by atoms with Gasteiger partial charge in [0.25, 0.3) is 5.91 Å². The van der Waals surface area contributed by atoms with Crippen LogP contribution in [0.2, 0.25) is 5.02 Å². The number of methoxy groups -OCH3 is 1. The maximum absolute atomic E-state index is 12.6. The van der Waals surface area contributed by atoms with Crippen LogP contribution in [0.5, 0.6) is 5.75 Å². The van der Waals surface area contributed by atoms with E-state index in [0.29, 0.717) is 16.5 Å². The summed E-state index contributed by atoms with van der Waals surface area (Å²) in [4.78, 5) is 26.0. The van der Waals surface area contributed by atoms with Crippen molar-refractivity contribution in [1.82, 2.24) is 0 Å². The van der Waals surface area contributed by atoms with E-state index in [0.717, 1.165) is 10.6 Å². The highest BCUT2D eigenvalue weighted by Crippen LogP contribution is 2.32. The number of rotatable bonds is 4. The number of carbonyl (C=O) groups excluding carboxylic acids is 2. The van der Waals surface area contributed by atoms with E-state index in [4.69, 9.17) is 16.3 Å². The molecule has 1 saturated heterocycles. The van der Waals surface area contributed by atoms with Crippen molar-refractivity contribution >= 4 is 34.8 Å². The molecule has 1 aliphatic heterocycles. The number of para-hydroxylation sites is 1. The zero-order valence-electron chi connectivity index (χ0n) is 12.5. The molecule has 2 aromatic carbocycles. The summed E-state index contributed by atoms with van der Waals surface area (Å²) in [6, 6.07) is 13.6. The summed E-state index contributed by atoms with van der Waals surface area (Å²) in [5, 5.41) is 3.44. The van der Waals surface area contributed by atoms with Crippen molar-refractivity contribution in [2.75, 3.05) is 17.3 Å². The van der Waals surface area contributed by atoms with Crippen molar-refractivity contribution in [2.24, 2.45) is 0 Å². The smallest absolute Gasteiger partial charge is 0.256 e. The van der Waals surface area contributed by atoms with Crippen LogP contribution in [0.4, 0.5) is 11.4 Å². The molecule has 0 spiro atoms. The van der Waals surface area contributed by atoms with Gasteiger partial charge < -0.3 is 10.1 Å². The Morgan fingerprint density at radius 1 is 1.17 bits per heavy atom. The standard InChI is InChI=1S/C17H15ClN2O3/c1-23-15-8-7-12(9-13(15)18)20-16(21)10-14(17(20)22)19-11-5-3-2-4-6-11/h2-9,14,19H,10H2,1H3/t14-/m1/s1. The molecule has 2 aromatic rings. The molecule has 1 N–H and O–H groups in total. The van der Waals surface area contributed by atoms with Crippen molar-refractivity contribution in [3.8, 4) is 5.75 Å². The second-order valence-electron chi connectivity index (χ2n) is 5.15. The largest absolute Gasteiger partial charge is 0.495 e. The van der Waals surface area contributed by atoms with Crippen molar-refractivity contribution in [1.29, 1.82) is 0 Å². The fourth-order valence-corrected chi connectivity index (χ4v) is 2.80. The maximum atomic E-state index is 12.6. The number of halogens is 1. The predicted molar refractivity (Wildman–Crippen MR) is 89.0 cm³/mol. The van der Waals surface area contributed by atoms with Gasteiger partial charge in [0.2, 0.25) is 5.91 Å². The summed E-state index contributed by atoms with van der Waals surface area (Å²) in [5.74, 6) is -0.0572. The SMILES string of the molecule is COc1ccc(N2C(=O)C[C@@H](Nc3ccccc3)C2=O)cc1Cl. The molecule has 1 atom stereocenters. The average Bonchev–Trinajstić information content (AvgIpc) is 2.82. The molecule has 0 bridgehead atoms. The summed E-state index contributed by atoms with van der Waals surface area (Å²) < 4.78 is 5.08. The van der Waals surface area contributed by atoms with E-state index in [1.807, 2.05) is 30.3 Å². The number of amides is 2. The first kappa shape index (κ1) is 15.4. The Morgan fingerprint density at radius 2 is 1.91 bits per heavy atom. The van der Waals surface area contributed by atoms with Crippen LogP contribution in [0, 0.1) is 0 Å². The normalized spacial score (nSPS) is 17.5. The lowest BCUT2D eigenvalue weighted by atomic mass is 10.2. The fourth-order valence-electron chi connectivity index (χ4n) is 2.55. The number of hydrogen-bond acceptors (Lipinski definition) is 4. The minimum absolute atomic E-state index is 0.109. The molecule has 1 heterocycles. The number of benzene rings is 2. The number of nitrogens with one attached hydrogen (secondary N) is 1. The highest BCUT2D eigenvalue weighted by molar-refractivity contribution is 6.33. The zero-order chi connectivity index (χ0) is 16.4. The number of anilines is 2. The van der Waals surface area contributed by atoms with Crippen LogP contribution in [0.15, 0.2) is 48.5 Å². The van der Waals surface area contributed by atoms with Gasteiger partial charge in [-0.2, -0.15) is 0 Å². The van der Waals surface area contributed by atoms with E-state index in [1.54, 1.807) is 18.2 Å². The van der Waals surface area contributed by atoms with Gasteiger partial charge in [-0.3, -0.25) is 9.59 Å². The molecule has 6 heteroatoms. The first-order valence-corrected chi connectivity index (χ1v) is 7.50. The Morgan fingerprint density at radius 3 is 2.57 bits per heavy atom. The zero-order valence-corrected chi connectivity index (χ0v) is 13.2. The summed E-state index contributed by atoms with van der Waals surface area (Å²) in [5.41, 5.74) is 1.25. The molecule has 0 aliphatic carbocycles. The van der Waals surface area contributed by atoms with Gasteiger partial charge in [-0.05, 0) is 30.3 Å². The fraction of sp³-hybridized carbons (Fsp3) is 0.176. The molecule has 0 saturated carbocycles. The molecule has 118 valence electrons. The third kappa shape index (κ3) is 3.00. The van der Waals surface area contributed by atoms with Crippen LogP contribution in [0.3, 0.4) is 0 Å². The second kappa shape index (κ2) is 6.30. The number of carbonyl (C=O) groups is 2. The molecule has 23 heavy (non-hydrogen) atoms. The topological polar surface area (TPSA) is 58.6 Å². The first-order valence-electron chi connectivity index (χ1n) is 7.12. The third-order valence-corrected chi connectivity index (χ3v) is 3.95. The van der Waals surface area contributed by atoms with Gasteiger partial charge in [0.1, 0.15) is 11.8 Å². The van der Waals surface area contributed by atoms with E-state index < -0.39 is 6.04 Å². The number of ether oxygens (including phenoxy) is 1. The van der Waals surface area contributed by atoms with Crippen LogP contribution < -0.4 is 15.0 Å². The van der Waals surface area contributed by atoms with Crippen LogP contribution in [0.1, 0.15) is 6.42 Å². The highest BCUT2D eigenvalue weighted by Gasteiger charge is 2.39. The minimum Gasteiger partial charge on any atom is -0.495 e. The first-order chi connectivity index (χ1) is 11.1. The Hall–Kier alpha value is -2.53. The number of imide groups is 1. The molecule has 0 radical (unpaired) electrons. The van der Waals surface area contributed by atoms with E-state index >= 15 is 0 Å². The van der Waals surface area contributed by atoms with Gasteiger partial charge in [-0.1, -0.05) is 29.8 Å². The van der Waals surface area contributed by atoms with Gasteiger partial charge in [0, 0.05) is 5.69 Å². The van der Waals surface area contributed by atoms with E-state index in [2.05, 4.69) is 5.32 Å². The molecule has 2 amide bonds. The molecule has 1 fully saturated rings. The molecule has 5 nitrogen and oxygen atoms in total. The average molecular weight is 331 g/mol. The van der Waals surface area contributed by atoms with Crippen LogP contribution in [-0.4, -0.2) is 25.0 Å². The van der Waals surface area contributed by atoms with Crippen molar-refractivity contribution in [3.63, 3.8) is 0 Å². The second-order valence-corrected chi connectivity index (χ2v) is 5.56. The van der Waals surface area contributed by atoms with Gasteiger partial charge in [0.15, 0.2) is 0 Å². The maximum Gasteiger partial charge on any atom is 0.256 e. The molecule has 3 rings (SSSR count). The summed E-state index contributed by atoms with van der Waals surface area (Å²) in [7, 11) is 1.51. The van der Waals surface area contributed by atoms with Crippen molar-refractivity contribution in [2.45, 2.75) is 12.5 Å². The lowest BCUT2D eigenvalue weighted by Crippen LogP contribution is -2.34. The molecule has 0 unspecified atom stereocenters. The quantitative estimate of drug-likeness (QED) is 0.875. The minimum atomic E-state index is -0.578. The van der Waals surface area contributed by atoms with Crippen molar-refractivity contribution in [3.05, 3.63) is 53.6 Å². The lowest BCUT2D eigenvalue weighted by molar-refractivity contribution is -0.121. The van der Waals surface area contributed by atoms with Crippen LogP contribution in [0.25, 0.3) is 0 Å². The highest BCUT2D eigenvalue weighted by atomic mass is 35.5. The van der Waals surface area contributed by atoms with Crippen LogP contribution >= 0.6 is 11.6 Å². The van der Waals surface area contributed by atoms with E-state index in [9.17, 15) is 9.59 Å². The molecular formula is C17H15ClN2O3. The molecular weight excluding hydrogens is 316 g/mol. The molecule has 1 aliphatic rings. The Labute approximate surface area is 138 Å². The van der Waals surface area contributed by atoms with E-state index in [1.165, 1.54) is 7.11 Å². The molecule has 0 aromatic heterocycles. The Balaban J connectivity index is 1.83. The monoisotopic (exact) mass is 330 g/mol. The number of nitrogens with zero attached hydrogens (tertiary/aromatic N) is 1.